The standard InChI is InChI=1S/C20H22N2O2/c1-3-22(14-15-9-5-4-6-10-15)20(24)17-13-19(23)21(2)18-12-8-7-11-16(17)18/h4-12,17H,3,13-14H2,1-2H3. The minimum atomic E-state index is -0.395. The average Bonchev–Trinajstić information content (AvgIpc) is 2.63. The van der Waals surface area contributed by atoms with Crippen molar-refractivity contribution < 1.29 is 9.59 Å². The molecule has 124 valence electrons. The number of para-hydroxylation sites is 1. The van der Waals surface area contributed by atoms with E-state index < -0.39 is 5.92 Å². The van der Waals surface area contributed by atoms with Crippen LogP contribution in [0.4, 0.5) is 5.69 Å². The molecule has 0 N–H and O–H groups in total. The minimum Gasteiger partial charge on any atom is -0.338 e. The van der Waals surface area contributed by atoms with E-state index in [1.54, 1.807) is 11.9 Å². The molecular formula is C20H22N2O2. The first kappa shape index (κ1) is 16.2. The van der Waals surface area contributed by atoms with E-state index in [4.69, 9.17) is 0 Å². The summed E-state index contributed by atoms with van der Waals surface area (Å²) in [6, 6.07) is 17.6. The van der Waals surface area contributed by atoms with Crippen LogP contribution < -0.4 is 4.90 Å². The highest BCUT2D eigenvalue weighted by molar-refractivity contribution is 6.02. The summed E-state index contributed by atoms with van der Waals surface area (Å²) in [6.07, 6.45) is 0.234. The van der Waals surface area contributed by atoms with Crippen molar-refractivity contribution >= 4 is 17.5 Å². The fraction of sp³-hybridized carbons (Fsp3) is 0.300. The summed E-state index contributed by atoms with van der Waals surface area (Å²) in [4.78, 5) is 28.9. The highest BCUT2D eigenvalue weighted by Crippen LogP contribution is 2.36. The SMILES string of the molecule is CCN(Cc1ccccc1)C(=O)C1CC(=O)N(C)c2ccccc21. The first-order valence-electron chi connectivity index (χ1n) is 8.30. The molecule has 0 aliphatic carbocycles. The van der Waals surface area contributed by atoms with Gasteiger partial charge in [0, 0.05) is 32.2 Å². The molecule has 0 bridgehead atoms. The molecule has 3 rings (SSSR count). The molecular weight excluding hydrogens is 300 g/mol. The summed E-state index contributed by atoms with van der Waals surface area (Å²) >= 11 is 0. The molecule has 0 radical (unpaired) electrons. The predicted octanol–water partition coefficient (Wildman–Crippen LogP) is 3.19. The van der Waals surface area contributed by atoms with Crippen LogP contribution in [-0.4, -0.2) is 30.3 Å². The predicted molar refractivity (Wildman–Crippen MR) is 94.7 cm³/mol. The van der Waals surface area contributed by atoms with E-state index in [2.05, 4.69) is 0 Å². The molecule has 2 aromatic rings. The van der Waals surface area contributed by atoms with Gasteiger partial charge in [-0.05, 0) is 24.1 Å². The number of hydrogen-bond acceptors (Lipinski definition) is 2. The molecule has 2 aromatic carbocycles. The number of hydrogen-bond donors (Lipinski definition) is 0. The molecule has 1 heterocycles. The zero-order chi connectivity index (χ0) is 17.1. The number of nitrogens with zero attached hydrogens (tertiary/aromatic N) is 2. The van der Waals surface area contributed by atoms with Gasteiger partial charge in [-0.2, -0.15) is 0 Å². The maximum Gasteiger partial charge on any atom is 0.231 e. The van der Waals surface area contributed by atoms with Gasteiger partial charge in [-0.1, -0.05) is 48.5 Å². The van der Waals surface area contributed by atoms with Crippen LogP contribution in [0.3, 0.4) is 0 Å². The summed E-state index contributed by atoms with van der Waals surface area (Å²) < 4.78 is 0. The van der Waals surface area contributed by atoms with Crippen molar-refractivity contribution in [3.05, 3.63) is 65.7 Å². The van der Waals surface area contributed by atoms with Gasteiger partial charge in [-0.25, -0.2) is 0 Å². The molecule has 4 nitrogen and oxygen atoms in total. The zero-order valence-electron chi connectivity index (χ0n) is 14.1. The number of rotatable bonds is 4. The van der Waals surface area contributed by atoms with Crippen molar-refractivity contribution in [3.8, 4) is 0 Å². The summed E-state index contributed by atoms with van der Waals surface area (Å²) in [5, 5.41) is 0. The van der Waals surface area contributed by atoms with E-state index in [0.717, 1.165) is 16.8 Å². The van der Waals surface area contributed by atoms with Crippen LogP contribution in [0.2, 0.25) is 0 Å². The second kappa shape index (κ2) is 6.87. The fourth-order valence-corrected chi connectivity index (χ4v) is 3.23. The third-order valence-electron chi connectivity index (χ3n) is 4.63. The van der Waals surface area contributed by atoms with Gasteiger partial charge in [0.25, 0.3) is 0 Å². The topological polar surface area (TPSA) is 40.6 Å². The van der Waals surface area contributed by atoms with Crippen LogP contribution in [0, 0.1) is 0 Å². The van der Waals surface area contributed by atoms with Gasteiger partial charge < -0.3 is 9.80 Å². The van der Waals surface area contributed by atoms with Gasteiger partial charge in [0.05, 0.1) is 5.92 Å². The van der Waals surface area contributed by atoms with Crippen molar-refractivity contribution in [1.82, 2.24) is 4.90 Å². The van der Waals surface area contributed by atoms with Gasteiger partial charge in [-0.15, -0.1) is 0 Å². The smallest absolute Gasteiger partial charge is 0.231 e. The third kappa shape index (κ3) is 3.04. The second-order valence-corrected chi connectivity index (χ2v) is 6.11. The molecule has 1 unspecified atom stereocenters. The lowest BCUT2D eigenvalue weighted by molar-refractivity contribution is -0.135. The fourth-order valence-electron chi connectivity index (χ4n) is 3.23. The molecule has 1 aliphatic heterocycles. The zero-order valence-corrected chi connectivity index (χ0v) is 14.1. The molecule has 0 saturated heterocycles. The highest BCUT2D eigenvalue weighted by atomic mass is 16.2. The Bertz CT molecular complexity index is 742. The number of benzene rings is 2. The minimum absolute atomic E-state index is 0.0113. The monoisotopic (exact) mass is 322 g/mol. The van der Waals surface area contributed by atoms with Crippen LogP contribution >= 0.6 is 0 Å². The number of fused-ring (bicyclic) bond motifs is 1. The maximum atomic E-state index is 13.1. The first-order chi connectivity index (χ1) is 11.6. The normalized spacial score (nSPS) is 16.7. The van der Waals surface area contributed by atoms with E-state index in [1.165, 1.54) is 0 Å². The van der Waals surface area contributed by atoms with Gasteiger partial charge >= 0.3 is 0 Å². The summed E-state index contributed by atoms with van der Waals surface area (Å²) in [7, 11) is 1.77. The van der Waals surface area contributed by atoms with Crippen molar-refractivity contribution in [3.63, 3.8) is 0 Å². The summed E-state index contributed by atoms with van der Waals surface area (Å²) in [5.41, 5.74) is 2.87. The number of carbonyl (C=O) groups is 2. The molecule has 0 spiro atoms. The van der Waals surface area contributed by atoms with Crippen molar-refractivity contribution in [1.29, 1.82) is 0 Å². The Kier molecular flexibility index (Phi) is 4.65. The molecule has 1 atom stereocenters. The average molecular weight is 322 g/mol. The van der Waals surface area contributed by atoms with Gasteiger partial charge in [0.1, 0.15) is 0 Å². The van der Waals surface area contributed by atoms with Gasteiger partial charge in [0.2, 0.25) is 11.8 Å². The lowest BCUT2D eigenvalue weighted by Crippen LogP contribution is -2.41. The maximum absolute atomic E-state index is 13.1. The Morgan fingerprint density at radius 2 is 1.79 bits per heavy atom. The Labute approximate surface area is 142 Å². The van der Waals surface area contributed by atoms with E-state index in [9.17, 15) is 9.59 Å². The third-order valence-corrected chi connectivity index (χ3v) is 4.63. The van der Waals surface area contributed by atoms with Crippen LogP contribution in [0.15, 0.2) is 54.6 Å². The van der Waals surface area contributed by atoms with Crippen LogP contribution in [0.25, 0.3) is 0 Å². The molecule has 1 aliphatic rings. The van der Waals surface area contributed by atoms with Crippen LogP contribution in [0.1, 0.15) is 30.4 Å². The lowest BCUT2D eigenvalue weighted by atomic mass is 9.88. The molecule has 2 amide bonds. The number of carbonyl (C=O) groups excluding carboxylic acids is 2. The largest absolute Gasteiger partial charge is 0.338 e. The van der Waals surface area contributed by atoms with E-state index in [1.807, 2.05) is 66.4 Å². The Morgan fingerprint density at radius 1 is 1.12 bits per heavy atom. The second-order valence-electron chi connectivity index (χ2n) is 6.11. The van der Waals surface area contributed by atoms with Gasteiger partial charge in [0.15, 0.2) is 0 Å². The number of likely N-dealkylation sites (N-methyl/N-ethyl adjacent to an activating group) is 1. The lowest BCUT2D eigenvalue weighted by Gasteiger charge is -2.33. The quantitative estimate of drug-likeness (QED) is 0.867. The molecule has 0 fully saturated rings. The van der Waals surface area contributed by atoms with E-state index in [-0.39, 0.29) is 18.2 Å². The molecule has 24 heavy (non-hydrogen) atoms. The van der Waals surface area contributed by atoms with Crippen molar-refractivity contribution in [2.75, 3.05) is 18.5 Å². The Morgan fingerprint density at radius 3 is 2.50 bits per heavy atom. The Balaban J connectivity index is 1.88. The van der Waals surface area contributed by atoms with Crippen molar-refractivity contribution in [2.45, 2.75) is 25.8 Å². The molecule has 4 heteroatoms. The van der Waals surface area contributed by atoms with E-state index >= 15 is 0 Å². The summed E-state index contributed by atoms with van der Waals surface area (Å²) in [6.45, 7) is 3.17. The Hall–Kier alpha value is -2.62. The van der Waals surface area contributed by atoms with Crippen molar-refractivity contribution in [2.24, 2.45) is 0 Å². The first-order valence-corrected chi connectivity index (χ1v) is 8.30. The number of anilines is 1. The van der Waals surface area contributed by atoms with Gasteiger partial charge in [-0.3, -0.25) is 9.59 Å². The molecule has 0 saturated carbocycles. The molecule has 0 aromatic heterocycles. The highest BCUT2D eigenvalue weighted by Gasteiger charge is 2.35. The van der Waals surface area contributed by atoms with E-state index in [0.29, 0.717) is 13.1 Å². The summed E-state index contributed by atoms with van der Waals surface area (Å²) in [5.74, 6) is -0.383. The van der Waals surface area contributed by atoms with Crippen LogP contribution in [0.5, 0.6) is 0 Å². The number of amides is 2. The van der Waals surface area contributed by atoms with Crippen LogP contribution in [-0.2, 0) is 16.1 Å².